The summed E-state index contributed by atoms with van der Waals surface area (Å²) in [5.41, 5.74) is 5.19. The van der Waals surface area contributed by atoms with Gasteiger partial charge >= 0.3 is 0 Å². The molecular weight excluding hydrogens is 289 g/mol. The van der Waals surface area contributed by atoms with Gasteiger partial charge in [-0.1, -0.05) is 30.3 Å². The fraction of sp³-hybridized carbons (Fsp3) is 0.167. The molecule has 1 atom stereocenters. The maximum atomic E-state index is 14.9. The van der Waals surface area contributed by atoms with Gasteiger partial charge in [0, 0.05) is 22.0 Å². The predicted octanol–water partition coefficient (Wildman–Crippen LogP) is 3.68. The van der Waals surface area contributed by atoms with Crippen molar-refractivity contribution in [2.45, 2.75) is 5.67 Å². The molecule has 0 amide bonds. The zero-order chi connectivity index (χ0) is 11.6. The van der Waals surface area contributed by atoms with E-state index in [-0.39, 0.29) is 6.54 Å². The predicted molar refractivity (Wildman–Crippen MR) is 69.4 cm³/mol. The highest BCUT2D eigenvalue weighted by atomic mass is 79.9. The van der Waals surface area contributed by atoms with E-state index in [0.717, 1.165) is 4.47 Å². The van der Waals surface area contributed by atoms with Crippen molar-refractivity contribution in [3.05, 3.63) is 56.7 Å². The second-order valence-corrected chi connectivity index (χ2v) is 5.10. The molecule has 1 unspecified atom stereocenters. The van der Waals surface area contributed by atoms with E-state index in [1.165, 1.54) is 11.3 Å². The Morgan fingerprint density at radius 2 is 1.94 bits per heavy atom. The standard InChI is InChI=1S/C12H11BrFNS/c13-11-7-16-6-10(11)12(14,8-15)9-4-2-1-3-5-9/h1-7H,8,15H2. The van der Waals surface area contributed by atoms with Crippen LogP contribution in [0.15, 0.2) is 45.6 Å². The van der Waals surface area contributed by atoms with Gasteiger partial charge in [-0.15, -0.1) is 0 Å². The third-order valence-corrected chi connectivity index (χ3v) is 4.26. The lowest BCUT2D eigenvalue weighted by molar-refractivity contribution is 0.232. The summed E-state index contributed by atoms with van der Waals surface area (Å²) in [6.45, 7) is -0.0631. The average molecular weight is 300 g/mol. The first-order valence-corrected chi connectivity index (χ1v) is 6.59. The van der Waals surface area contributed by atoms with Crippen LogP contribution in [0.4, 0.5) is 4.39 Å². The Hall–Kier alpha value is -0.710. The summed E-state index contributed by atoms with van der Waals surface area (Å²) >= 11 is 4.82. The molecule has 84 valence electrons. The van der Waals surface area contributed by atoms with E-state index < -0.39 is 5.67 Å². The number of hydrogen-bond donors (Lipinski definition) is 1. The van der Waals surface area contributed by atoms with E-state index in [2.05, 4.69) is 15.9 Å². The van der Waals surface area contributed by atoms with Crippen molar-refractivity contribution in [1.82, 2.24) is 0 Å². The van der Waals surface area contributed by atoms with Crippen LogP contribution in [0.2, 0.25) is 0 Å². The summed E-state index contributed by atoms with van der Waals surface area (Å²) in [5, 5.41) is 3.66. The molecule has 0 fully saturated rings. The minimum absolute atomic E-state index is 0.0631. The van der Waals surface area contributed by atoms with Crippen molar-refractivity contribution in [2.24, 2.45) is 5.73 Å². The number of benzene rings is 1. The molecule has 16 heavy (non-hydrogen) atoms. The van der Waals surface area contributed by atoms with Crippen molar-refractivity contribution >= 4 is 27.3 Å². The van der Waals surface area contributed by atoms with Gasteiger partial charge in [-0.2, -0.15) is 11.3 Å². The molecule has 0 aliphatic carbocycles. The van der Waals surface area contributed by atoms with Crippen LogP contribution in [0.5, 0.6) is 0 Å². The molecule has 2 rings (SSSR count). The van der Waals surface area contributed by atoms with E-state index in [9.17, 15) is 4.39 Å². The molecule has 1 nitrogen and oxygen atoms in total. The lowest BCUT2D eigenvalue weighted by atomic mass is 9.90. The summed E-state index contributed by atoms with van der Waals surface area (Å²) < 4.78 is 15.7. The maximum Gasteiger partial charge on any atom is 0.175 e. The Labute approximate surface area is 106 Å². The number of alkyl halides is 1. The number of nitrogens with two attached hydrogens (primary N) is 1. The Balaban J connectivity index is 2.53. The smallest absolute Gasteiger partial charge is 0.175 e. The van der Waals surface area contributed by atoms with Gasteiger partial charge in [-0.05, 0) is 26.9 Å². The lowest BCUT2D eigenvalue weighted by Crippen LogP contribution is -2.31. The highest BCUT2D eigenvalue weighted by Crippen LogP contribution is 2.39. The molecule has 0 radical (unpaired) electrons. The molecular formula is C12H11BrFNS. The van der Waals surface area contributed by atoms with Crippen LogP contribution in [0.1, 0.15) is 11.1 Å². The molecule has 1 heterocycles. The largest absolute Gasteiger partial charge is 0.327 e. The van der Waals surface area contributed by atoms with Gasteiger partial charge in [0.1, 0.15) is 0 Å². The summed E-state index contributed by atoms with van der Waals surface area (Å²) in [4.78, 5) is 0. The van der Waals surface area contributed by atoms with Gasteiger partial charge < -0.3 is 5.73 Å². The van der Waals surface area contributed by atoms with Crippen LogP contribution < -0.4 is 5.73 Å². The van der Waals surface area contributed by atoms with Gasteiger partial charge in [-0.3, -0.25) is 0 Å². The Morgan fingerprint density at radius 1 is 1.25 bits per heavy atom. The van der Waals surface area contributed by atoms with Crippen molar-refractivity contribution in [3.8, 4) is 0 Å². The number of thiophene rings is 1. The van der Waals surface area contributed by atoms with Crippen LogP contribution in [0.25, 0.3) is 0 Å². The lowest BCUT2D eigenvalue weighted by Gasteiger charge is -2.24. The monoisotopic (exact) mass is 299 g/mol. The zero-order valence-electron chi connectivity index (χ0n) is 8.49. The Kier molecular flexibility index (Phi) is 3.42. The van der Waals surface area contributed by atoms with Crippen molar-refractivity contribution in [2.75, 3.05) is 6.54 Å². The molecule has 1 aromatic carbocycles. The van der Waals surface area contributed by atoms with Crippen molar-refractivity contribution in [3.63, 3.8) is 0 Å². The quantitative estimate of drug-likeness (QED) is 0.919. The topological polar surface area (TPSA) is 26.0 Å². The Bertz CT molecular complexity index is 471. The van der Waals surface area contributed by atoms with Crippen LogP contribution in [-0.4, -0.2) is 6.54 Å². The second-order valence-electron chi connectivity index (χ2n) is 3.50. The van der Waals surface area contributed by atoms with E-state index in [1.807, 2.05) is 23.6 Å². The minimum atomic E-state index is -1.61. The molecule has 0 spiro atoms. The molecule has 0 bridgehead atoms. The molecule has 1 aromatic heterocycles. The van der Waals surface area contributed by atoms with E-state index in [1.54, 1.807) is 17.5 Å². The van der Waals surface area contributed by atoms with Crippen molar-refractivity contribution < 1.29 is 4.39 Å². The van der Waals surface area contributed by atoms with Crippen LogP contribution in [0, 0.1) is 0 Å². The van der Waals surface area contributed by atoms with Crippen LogP contribution in [0.3, 0.4) is 0 Å². The zero-order valence-corrected chi connectivity index (χ0v) is 10.9. The molecule has 4 heteroatoms. The van der Waals surface area contributed by atoms with Gasteiger partial charge in [0.25, 0.3) is 0 Å². The van der Waals surface area contributed by atoms with Crippen LogP contribution in [-0.2, 0) is 5.67 Å². The highest BCUT2D eigenvalue weighted by Gasteiger charge is 2.34. The summed E-state index contributed by atoms with van der Waals surface area (Å²) in [6, 6.07) is 9.02. The first-order valence-electron chi connectivity index (χ1n) is 4.85. The maximum absolute atomic E-state index is 14.9. The number of hydrogen-bond acceptors (Lipinski definition) is 2. The third-order valence-electron chi connectivity index (χ3n) is 2.55. The first kappa shape index (κ1) is 11.8. The van der Waals surface area contributed by atoms with E-state index in [0.29, 0.717) is 11.1 Å². The minimum Gasteiger partial charge on any atom is -0.327 e. The SMILES string of the molecule is NCC(F)(c1ccccc1)c1cscc1Br. The highest BCUT2D eigenvalue weighted by molar-refractivity contribution is 9.10. The van der Waals surface area contributed by atoms with Crippen molar-refractivity contribution in [1.29, 1.82) is 0 Å². The van der Waals surface area contributed by atoms with Gasteiger partial charge in [-0.25, -0.2) is 4.39 Å². The molecule has 0 saturated heterocycles. The number of halogens is 2. The normalized spacial score (nSPS) is 14.7. The number of rotatable bonds is 3. The van der Waals surface area contributed by atoms with Crippen LogP contribution >= 0.6 is 27.3 Å². The molecule has 0 aliphatic rings. The summed E-state index contributed by atoms with van der Waals surface area (Å²) in [6.07, 6.45) is 0. The van der Waals surface area contributed by atoms with Gasteiger partial charge in [0.2, 0.25) is 0 Å². The fourth-order valence-corrected chi connectivity index (χ4v) is 3.32. The van der Waals surface area contributed by atoms with Gasteiger partial charge in [0.15, 0.2) is 5.67 Å². The molecule has 2 aromatic rings. The summed E-state index contributed by atoms with van der Waals surface area (Å²) in [5.74, 6) is 0. The average Bonchev–Trinajstić information content (AvgIpc) is 2.76. The second kappa shape index (κ2) is 4.65. The van der Waals surface area contributed by atoms with Gasteiger partial charge in [0.05, 0.1) is 0 Å². The molecule has 0 saturated carbocycles. The van der Waals surface area contributed by atoms with E-state index in [4.69, 9.17) is 5.73 Å². The molecule has 0 aliphatic heterocycles. The van der Waals surface area contributed by atoms with E-state index >= 15 is 0 Å². The summed E-state index contributed by atoms with van der Waals surface area (Å²) in [7, 11) is 0. The fourth-order valence-electron chi connectivity index (χ4n) is 1.65. The Morgan fingerprint density at radius 3 is 2.44 bits per heavy atom. The molecule has 2 N–H and O–H groups in total. The third kappa shape index (κ3) is 1.93. The first-order chi connectivity index (χ1) is 7.68.